The largest absolute Gasteiger partial charge is 0.339 e. The molecule has 0 unspecified atom stereocenters. The van der Waals surface area contributed by atoms with Crippen molar-refractivity contribution < 1.29 is 9.32 Å². The summed E-state index contributed by atoms with van der Waals surface area (Å²) in [4.78, 5) is 19.0. The highest BCUT2D eigenvalue weighted by atomic mass is 32.1. The monoisotopic (exact) mass is 339 g/mol. The number of aromatic nitrogens is 2. The SMILES string of the molecule is Cc1noc([C@H]2CN(C(=O)c3ccsc3)C[C@H]2c2ccccc2)n1. The van der Waals surface area contributed by atoms with Crippen LogP contribution in [0.5, 0.6) is 0 Å². The van der Waals surface area contributed by atoms with Gasteiger partial charge in [0.15, 0.2) is 5.82 Å². The lowest BCUT2D eigenvalue weighted by Gasteiger charge is -2.16. The lowest BCUT2D eigenvalue weighted by atomic mass is 9.89. The van der Waals surface area contributed by atoms with Crippen LogP contribution < -0.4 is 0 Å². The molecule has 2 atom stereocenters. The summed E-state index contributed by atoms with van der Waals surface area (Å²) < 4.78 is 5.42. The number of thiophene rings is 1. The molecule has 0 aliphatic carbocycles. The molecule has 1 aromatic carbocycles. The van der Waals surface area contributed by atoms with E-state index in [1.807, 2.05) is 46.8 Å². The molecule has 0 bridgehead atoms. The Balaban J connectivity index is 1.66. The normalized spacial score (nSPS) is 20.5. The number of benzene rings is 1. The van der Waals surface area contributed by atoms with Crippen molar-refractivity contribution in [1.82, 2.24) is 15.0 Å². The van der Waals surface area contributed by atoms with E-state index in [1.54, 1.807) is 0 Å². The van der Waals surface area contributed by atoms with E-state index in [4.69, 9.17) is 4.52 Å². The topological polar surface area (TPSA) is 59.2 Å². The fourth-order valence-electron chi connectivity index (χ4n) is 3.29. The molecular weight excluding hydrogens is 322 g/mol. The third kappa shape index (κ3) is 2.73. The summed E-state index contributed by atoms with van der Waals surface area (Å²) >= 11 is 1.54. The van der Waals surface area contributed by atoms with Gasteiger partial charge in [0, 0.05) is 24.4 Å². The second-order valence-electron chi connectivity index (χ2n) is 6.03. The summed E-state index contributed by atoms with van der Waals surface area (Å²) in [5.41, 5.74) is 1.94. The van der Waals surface area contributed by atoms with Crippen molar-refractivity contribution in [2.24, 2.45) is 0 Å². The molecule has 6 heteroatoms. The first-order valence-corrected chi connectivity index (χ1v) is 8.83. The van der Waals surface area contributed by atoms with Crippen LogP contribution in [0.15, 0.2) is 51.7 Å². The summed E-state index contributed by atoms with van der Waals surface area (Å²) in [7, 11) is 0. The first-order chi connectivity index (χ1) is 11.7. The molecule has 1 saturated heterocycles. The van der Waals surface area contributed by atoms with Crippen LogP contribution in [0.2, 0.25) is 0 Å². The molecule has 24 heavy (non-hydrogen) atoms. The van der Waals surface area contributed by atoms with E-state index in [9.17, 15) is 4.79 Å². The van der Waals surface area contributed by atoms with Crippen molar-refractivity contribution in [3.8, 4) is 0 Å². The van der Waals surface area contributed by atoms with Gasteiger partial charge in [0.1, 0.15) is 0 Å². The Bertz CT molecular complexity index is 829. The molecule has 1 fully saturated rings. The van der Waals surface area contributed by atoms with Gasteiger partial charge in [0.05, 0.1) is 11.5 Å². The first-order valence-electron chi connectivity index (χ1n) is 7.89. The molecule has 0 radical (unpaired) electrons. The van der Waals surface area contributed by atoms with Crippen LogP contribution in [0, 0.1) is 6.92 Å². The van der Waals surface area contributed by atoms with Crippen LogP contribution in [-0.2, 0) is 0 Å². The number of carbonyl (C=O) groups excluding carboxylic acids is 1. The molecule has 122 valence electrons. The smallest absolute Gasteiger partial charge is 0.254 e. The molecule has 0 N–H and O–H groups in total. The van der Waals surface area contributed by atoms with Gasteiger partial charge in [-0.3, -0.25) is 4.79 Å². The van der Waals surface area contributed by atoms with Crippen molar-refractivity contribution in [3.63, 3.8) is 0 Å². The number of hydrogen-bond donors (Lipinski definition) is 0. The first kappa shape index (κ1) is 15.1. The summed E-state index contributed by atoms with van der Waals surface area (Å²) in [6.07, 6.45) is 0. The summed E-state index contributed by atoms with van der Waals surface area (Å²) in [5.74, 6) is 1.49. The average Bonchev–Trinajstić information content (AvgIpc) is 3.35. The second-order valence-corrected chi connectivity index (χ2v) is 6.81. The Morgan fingerprint density at radius 2 is 2.00 bits per heavy atom. The van der Waals surface area contributed by atoms with Gasteiger partial charge >= 0.3 is 0 Å². The molecular formula is C18H17N3O2S. The Morgan fingerprint density at radius 1 is 1.21 bits per heavy atom. The molecule has 0 saturated carbocycles. The Kier molecular flexibility index (Phi) is 3.90. The average molecular weight is 339 g/mol. The van der Waals surface area contributed by atoms with Gasteiger partial charge in [-0.2, -0.15) is 16.3 Å². The third-order valence-corrected chi connectivity index (χ3v) is 5.15. The van der Waals surface area contributed by atoms with Gasteiger partial charge in [0.25, 0.3) is 5.91 Å². The number of likely N-dealkylation sites (tertiary alicyclic amines) is 1. The highest BCUT2D eigenvalue weighted by molar-refractivity contribution is 7.08. The van der Waals surface area contributed by atoms with Crippen molar-refractivity contribution >= 4 is 17.2 Å². The molecule has 3 heterocycles. The zero-order chi connectivity index (χ0) is 16.5. The summed E-state index contributed by atoms with van der Waals surface area (Å²) in [6.45, 7) is 3.06. The maximum atomic E-state index is 12.7. The number of rotatable bonds is 3. The second kappa shape index (κ2) is 6.20. The molecule has 1 aliphatic heterocycles. The summed E-state index contributed by atoms with van der Waals surface area (Å²) in [5, 5.41) is 7.74. The predicted molar refractivity (Wildman–Crippen MR) is 91.2 cm³/mol. The third-order valence-electron chi connectivity index (χ3n) is 4.46. The predicted octanol–water partition coefficient (Wildman–Crippen LogP) is 3.46. The fraction of sp³-hybridized carbons (Fsp3) is 0.278. The maximum Gasteiger partial charge on any atom is 0.254 e. The van der Waals surface area contributed by atoms with Crippen molar-refractivity contribution in [3.05, 3.63) is 70.0 Å². The number of hydrogen-bond acceptors (Lipinski definition) is 5. The quantitative estimate of drug-likeness (QED) is 0.733. The Morgan fingerprint density at radius 3 is 2.67 bits per heavy atom. The van der Waals surface area contributed by atoms with Crippen LogP contribution in [0.4, 0.5) is 0 Å². The van der Waals surface area contributed by atoms with Crippen molar-refractivity contribution in [2.75, 3.05) is 13.1 Å². The molecule has 4 rings (SSSR count). The van der Waals surface area contributed by atoms with Crippen LogP contribution in [0.25, 0.3) is 0 Å². The minimum Gasteiger partial charge on any atom is -0.339 e. The molecule has 0 spiro atoms. The Hall–Kier alpha value is -2.47. The lowest BCUT2D eigenvalue weighted by Crippen LogP contribution is -2.28. The van der Waals surface area contributed by atoms with E-state index in [-0.39, 0.29) is 17.7 Å². The van der Waals surface area contributed by atoms with Gasteiger partial charge < -0.3 is 9.42 Å². The minimum absolute atomic E-state index is 0.0242. The molecule has 1 aliphatic rings. The van der Waals surface area contributed by atoms with E-state index >= 15 is 0 Å². The summed E-state index contributed by atoms with van der Waals surface area (Å²) in [6, 6.07) is 12.1. The van der Waals surface area contributed by atoms with Gasteiger partial charge in [-0.05, 0) is 23.9 Å². The van der Waals surface area contributed by atoms with Crippen LogP contribution >= 0.6 is 11.3 Å². The van der Waals surface area contributed by atoms with E-state index in [2.05, 4.69) is 22.3 Å². The number of amides is 1. The zero-order valence-corrected chi connectivity index (χ0v) is 14.1. The minimum atomic E-state index is 0.0242. The molecule has 1 amide bonds. The number of nitrogens with zero attached hydrogens (tertiary/aromatic N) is 3. The molecule has 2 aromatic heterocycles. The lowest BCUT2D eigenvalue weighted by molar-refractivity contribution is 0.0788. The van der Waals surface area contributed by atoms with E-state index < -0.39 is 0 Å². The standard InChI is InChI=1S/C18H17N3O2S/c1-12-19-17(23-20-12)16-10-21(18(22)14-7-8-24-11-14)9-15(16)13-5-3-2-4-6-13/h2-8,11,15-16H,9-10H2,1H3/t15-,16-/m0/s1. The fourth-order valence-corrected chi connectivity index (χ4v) is 3.92. The van der Waals surface area contributed by atoms with Crippen LogP contribution in [0.3, 0.4) is 0 Å². The molecule has 3 aromatic rings. The van der Waals surface area contributed by atoms with Crippen LogP contribution in [-0.4, -0.2) is 34.0 Å². The van der Waals surface area contributed by atoms with E-state index in [0.717, 1.165) is 5.56 Å². The Labute approximate surface area is 143 Å². The molecule has 5 nitrogen and oxygen atoms in total. The van der Waals surface area contributed by atoms with Gasteiger partial charge in [-0.25, -0.2) is 0 Å². The highest BCUT2D eigenvalue weighted by Gasteiger charge is 2.40. The number of aryl methyl sites for hydroxylation is 1. The maximum absolute atomic E-state index is 12.7. The zero-order valence-electron chi connectivity index (χ0n) is 13.3. The van der Waals surface area contributed by atoms with Gasteiger partial charge in [-0.15, -0.1) is 0 Å². The highest BCUT2D eigenvalue weighted by Crippen LogP contribution is 2.39. The van der Waals surface area contributed by atoms with Crippen LogP contribution in [0.1, 0.15) is 39.5 Å². The van der Waals surface area contributed by atoms with E-state index in [1.165, 1.54) is 16.9 Å². The number of carbonyl (C=O) groups is 1. The van der Waals surface area contributed by atoms with E-state index in [0.29, 0.717) is 24.8 Å². The van der Waals surface area contributed by atoms with Gasteiger partial charge in [-0.1, -0.05) is 35.5 Å². The van der Waals surface area contributed by atoms with Crippen molar-refractivity contribution in [2.45, 2.75) is 18.8 Å². The van der Waals surface area contributed by atoms with Crippen molar-refractivity contribution in [1.29, 1.82) is 0 Å². The van der Waals surface area contributed by atoms with Gasteiger partial charge in [0.2, 0.25) is 5.89 Å².